The van der Waals surface area contributed by atoms with Gasteiger partial charge >= 0.3 is 0 Å². The smallest absolute Gasteiger partial charge is 0.142 e. The number of ether oxygens (including phenoxy) is 1. The van der Waals surface area contributed by atoms with E-state index in [2.05, 4.69) is 85.5 Å². The molecule has 0 atom stereocenters. The van der Waals surface area contributed by atoms with E-state index in [1.54, 1.807) is 19.1 Å². The Bertz CT molecular complexity index is 1080. The molecule has 0 radical (unpaired) electrons. The van der Waals surface area contributed by atoms with Gasteiger partial charge in [0.2, 0.25) is 0 Å². The third-order valence-electron chi connectivity index (χ3n) is 6.48. The third kappa shape index (κ3) is 4.44. The molecule has 3 aromatic carbocycles. The summed E-state index contributed by atoms with van der Waals surface area (Å²) in [5.74, 6) is 0.950. The monoisotopic (exact) mass is 497 g/mol. The van der Waals surface area contributed by atoms with E-state index in [9.17, 15) is 0 Å². The van der Waals surface area contributed by atoms with Crippen LogP contribution in [0.5, 0.6) is 5.75 Å². The van der Waals surface area contributed by atoms with E-state index in [-0.39, 0.29) is 5.41 Å². The van der Waals surface area contributed by atoms with E-state index in [0.717, 1.165) is 42.9 Å². The van der Waals surface area contributed by atoms with Crippen LogP contribution >= 0.6 is 27.9 Å². The predicted octanol–water partition coefficient (Wildman–Crippen LogP) is 5.35. The second kappa shape index (κ2) is 9.02. The lowest BCUT2D eigenvalue weighted by Crippen LogP contribution is -2.43. The van der Waals surface area contributed by atoms with E-state index in [1.165, 1.54) is 39.8 Å². The number of halogens is 1. The van der Waals surface area contributed by atoms with Crippen LogP contribution in [0.25, 0.3) is 10.8 Å². The lowest BCUT2D eigenvalue weighted by atomic mass is 9.91. The Kier molecular flexibility index (Phi) is 6.15. The van der Waals surface area contributed by atoms with Crippen LogP contribution in [-0.2, 0) is 5.41 Å². The van der Waals surface area contributed by atoms with Crippen LogP contribution < -0.4 is 19.7 Å². The molecule has 3 aromatic rings. The van der Waals surface area contributed by atoms with Gasteiger partial charge in [-0.05, 0) is 71.5 Å². The quantitative estimate of drug-likeness (QED) is 0.430. The Morgan fingerprint density at radius 3 is 2.71 bits per heavy atom. The molecule has 0 spiro atoms. The second-order valence-electron chi connectivity index (χ2n) is 8.45. The summed E-state index contributed by atoms with van der Waals surface area (Å²) in [6, 6.07) is 19.8. The number of nitrogens with zero attached hydrogens (tertiary/aromatic N) is 1. The van der Waals surface area contributed by atoms with E-state index in [1.807, 2.05) is 0 Å². The molecule has 0 unspecified atom stereocenters. The number of nitrogens with one attached hydrogen (secondary N) is 2. The molecule has 2 fully saturated rings. The third-order valence-corrected chi connectivity index (χ3v) is 7.75. The first-order valence-electron chi connectivity index (χ1n) is 10.9. The van der Waals surface area contributed by atoms with Gasteiger partial charge in [0, 0.05) is 47.5 Å². The Balaban J connectivity index is 1.31. The van der Waals surface area contributed by atoms with Crippen molar-refractivity contribution in [2.45, 2.75) is 23.2 Å². The molecule has 1 aliphatic carbocycles. The number of methoxy groups -OCH3 is 1. The van der Waals surface area contributed by atoms with E-state index >= 15 is 0 Å². The number of fused-ring (bicyclic) bond motifs is 1. The lowest BCUT2D eigenvalue weighted by Gasteiger charge is -2.30. The molecular formula is C25H28BrN3OS. The highest BCUT2D eigenvalue weighted by Gasteiger charge is 2.44. The minimum Gasteiger partial charge on any atom is -0.495 e. The first-order valence-corrected chi connectivity index (χ1v) is 12.5. The van der Waals surface area contributed by atoms with Crippen molar-refractivity contribution in [2.24, 2.45) is 0 Å². The van der Waals surface area contributed by atoms with Crippen molar-refractivity contribution in [2.75, 3.05) is 44.7 Å². The van der Waals surface area contributed by atoms with Crippen LogP contribution in [0, 0.1) is 0 Å². The molecule has 2 N–H and O–H groups in total. The maximum atomic E-state index is 5.64. The average molecular weight is 498 g/mol. The molecule has 31 heavy (non-hydrogen) atoms. The largest absolute Gasteiger partial charge is 0.495 e. The van der Waals surface area contributed by atoms with Crippen LogP contribution in [0.2, 0.25) is 0 Å². The highest BCUT2D eigenvalue weighted by atomic mass is 79.9. The first-order chi connectivity index (χ1) is 15.2. The number of benzene rings is 3. The normalized spacial score (nSPS) is 17.7. The zero-order valence-corrected chi connectivity index (χ0v) is 20.2. The van der Waals surface area contributed by atoms with Crippen molar-refractivity contribution in [1.29, 1.82) is 0 Å². The second-order valence-corrected chi connectivity index (χ2v) is 10.3. The summed E-state index contributed by atoms with van der Waals surface area (Å²) < 4.78 is 10.5. The van der Waals surface area contributed by atoms with E-state index in [4.69, 9.17) is 4.74 Å². The van der Waals surface area contributed by atoms with Crippen molar-refractivity contribution in [3.8, 4) is 5.75 Å². The van der Waals surface area contributed by atoms with Crippen molar-refractivity contribution >= 4 is 44.3 Å². The molecule has 4 nitrogen and oxygen atoms in total. The first kappa shape index (κ1) is 21.1. The Labute approximate surface area is 197 Å². The molecular weight excluding hydrogens is 470 g/mol. The summed E-state index contributed by atoms with van der Waals surface area (Å²) in [6.45, 7) is 5.03. The van der Waals surface area contributed by atoms with Gasteiger partial charge in [-0.25, -0.2) is 0 Å². The van der Waals surface area contributed by atoms with Gasteiger partial charge in [-0.1, -0.05) is 40.2 Å². The standard InChI is InChI=1S/C25H28BrN3OS/c1-30-24-8-7-20(16-23(24)29-13-11-27-12-14-29)31-28-17-25(9-10-25)22-4-2-3-18-5-6-19(26)15-21(18)22/h2-8,15-16,27-28H,9-14,17H2,1H3. The maximum absolute atomic E-state index is 5.64. The van der Waals surface area contributed by atoms with Crippen LogP contribution in [-0.4, -0.2) is 39.8 Å². The number of hydrogen-bond donors (Lipinski definition) is 2. The summed E-state index contributed by atoms with van der Waals surface area (Å²) in [5.41, 5.74) is 2.90. The minimum absolute atomic E-state index is 0.237. The number of hydrogen-bond acceptors (Lipinski definition) is 5. The maximum Gasteiger partial charge on any atom is 0.142 e. The van der Waals surface area contributed by atoms with Gasteiger partial charge in [0.15, 0.2) is 0 Å². The van der Waals surface area contributed by atoms with Gasteiger partial charge in [0.05, 0.1) is 12.8 Å². The molecule has 0 amide bonds. The molecule has 1 saturated carbocycles. The highest BCUT2D eigenvalue weighted by Crippen LogP contribution is 2.50. The van der Waals surface area contributed by atoms with Crippen LogP contribution in [0.15, 0.2) is 64.0 Å². The molecule has 6 heteroatoms. The fourth-order valence-electron chi connectivity index (χ4n) is 4.54. The summed E-state index contributed by atoms with van der Waals surface area (Å²) in [5, 5.41) is 6.11. The Hall–Kier alpha value is -1.73. The molecule has 0 aromatic heterocycles. The van der Waals surface area contributed by atoms with Gasteiger partial charge in [-0.2, -0.15) is 0 Å². The number of anilines is 1. The van der Waals surface area contributed by atoms with Crippen molar-refractivity contribution in [3.63, 3.8) is 0 Å². The zero-order valence-electron chi connectivity index (χ0n) is 17.8. The molecule has 1 aliphatic heterocycles. The summed E-state index contributed by atoms with van der Waals surface area (Å²) >= 11 is 5.38. The highest BCUT2D eigenvalue weighted by molar-refractivity contribution is 9.10. The van der Waals surface area contributed by atoms with Gasteiger partial charge in [-0.3, -0.25) is 4.72 Å². The fraction of sp³-hybridized carbons (Fsp3) is 0.360. The van der Waals surface area contributed by atoms with Crippen LogP contribution in [0.1, 0.15) is 18.4 Å². The van der Waals surface area contributed by atoms with Gasteiger partial charge in [-0.15, -0.1) is 0 Å². The lowest BCUT2D eigenvalue weighted by molar-refractivity contribution is 0.412. The molecule has 5 rings (SSSR count). The van der Waals surface area contributed by atoms with E-state index in [0.29, 0.717) is 0 Å². The van der Waals surface area contributed by atoms with Crippen molar-refractivity contribution in [3.05, 3.63) is 64.6 Å². The van der Waals surface area contributed by atoms with Crippen LogP contribution in [0.3, 0.4) is 0 Å². The summed E-state index contributed by atoms with van der Waals surface area (Å²) in [7, 11) is 1.76. The van der Waals surface area contributed by atoms with Crippen molar-refractivity contribution in [1.82, 2.24) is 10.0 Å². The van der Waals surface area contributed by atoms with E-state index < -0.39 is 0 Å². The zero-order chi connectivity index (χ0) is 21.3. The molecule has 162 valence electrons. The molecule has 1 saturated heterocycles. The molecule has 0 bridgehead atoms. The average Bonchev–Trinajstić information content (AvgIpc) is 3.60. The van der Waals surface area contributed by atoms with Crippen molar-refractivity contribution < 1.29 is 4.74 Å². The SMILES string of the molecule is COc1ccc(SNCC2(c3cccc4ccc(Br)cc34)CC2)cc1N1CCNCC1. The predicted molar refractivity (Wildman–Crippen MR) is 134 cm³/mol. The number of rotatable bonds is 7. The van der Waals surface area contributed by atoms with Gasteiger partial charge in [0.25, 0.3) is 0 Å². The summed E-state index contributed by atoms with van der Waals surface area (Å²) in [6.07, 6.45) is 2.47. The fourth-order valence-corrected chi connectivity index (χ4v) is 5.73. The van der Waals surface area contributed by atoms with Gasteiger partial charge in [0.1, 0.15) is 5.75 Å². The molecule has 2 aliphatic rings. The topological polar surface area (TPSA) is 36.5 Å². The Morgan fingerprint density at radius 2 is 1.94 bits per heavy atom. The number of piperazine rings is 1. The molecule has 1 heterocycles. The van der Waals surface area contributed by atoms with Crippen LogP contribution in [0.4, 0.5) is 5.69 Å². The van der Waals surface area contributed by atoms with Gasteiger partial charge < -0.3 is 15.0 Å². The summed E-state index contributed by atoms with van der Waals surface area (Å²) in [4.78, 5) is 3.64. The Morgan fingerprint density at radius 1 is 1.10 bits per heavy atom. The minimum atomic E-state index is 0.237.